The summed E-state index contributed by atoms with van der Waals surface area (Å²) in [4.78, 5) is 23.5. The van der Waals surface area contributed by atoms with Gasteiger partial charge in [-0.15, -0.1) is 0 Å². The number of carbonyl (C=O) groups is 2. The topological polar surface area (TPSA) is 81.4 Å². The highest BCUT2D eigenvalue weighted by molar-refractivity contribution is 7.80. The molecule has 1 aromatic rings. The molecule has 0 spiro atoms. The average Bonchev–Trinajstić information content (AvgIpc) is 2.90. The van der Waals surface area contributed by atoms with E-state index >= 15 is 0 Å². The summed E-state index contributed by atoms with van der Waals surface area (Å²) in [6.45, 7) is 1.26. The van der Waals surface area contributed by atoms with E-state index in [1.165, 1.54) is 29.7 Å². The van der Waals surface area contributed by atoms with Crippen LogP contribution >= 0.6 is 23.6 Å². The molecule has 10 heteroatoms. The SMILES string of the molecule is CCOC(=O)[C@H](C(=O)C(F)(F)F)[C@H](NC(N)=S)c1ccsc1. The zero-order valence-corrected chi connectivity index (χ0v) is 13.0. The monoisotopic (exact) mass is 354 g/mol. The predicted molar refractivity (Wildman–Crippen MR) is 78.2 cm³/mol. The molecule has 0 saturated carbocycles. The van der Waals surface area contributed by atoms with Gasteiger partial charge in [-0.2, -0.15) is 24.5 Å². The molecule has 1 heterocycles. The maximum atomic E-state index is 12.8. The Kier molecular flexibility index (Phi) is 6.30. The molecule has 0 fully saturated rings. The number of esters is 1. The van der Waals surface area contributed by atoms with E-state index in [4.69, 9.17) is 5.73 Å². The van der Waals surface area contributed by atoms with E-state index in [0.29, 0.717) is 0 Å². The van der Waals surface area contributed by atoms with Crippen LogP contribution in [0.3, 0.4) is 0 Å². The summed E-state index contributed by atoms with van der Waals surface area (Å²) in [5, 5.41) is 5.12. The van der Waals surface area contributed by atoms with Crippen LogP contribution in [-0.4, -0.2) is 29.6 Å². The standard InChI is InChI=1S/C12H13F3N2O3S2/c1-2-20-10(19)7(9(18)12(13,14)15)8(17-11(16)21)6-3-4-22-5-6/h3-5,7-8H,2H2,1H3,(H3,16,17,21)/t7-,8+/m0/s1. The normalized spacial score (nSPS) is 14.0. The van der Waals surface area contributed by atoms with Crippen LogP contribution in [0.15, 0.2) is 16.8 Å². The van der Waals surface area contributed by atoms with Crippen LogP contribution in [0.25, 0.3) is 0 Å². The van der Waals surface area contributed by atoms with Crippen molar-refractivity contribution in [3.05, 3.63) is 22.4 Å². The molecule has 3 N–H and O–H groups in total. The second-order valence-electron chi connectivity index (χ2n) is 4.13. The number of halogens is 3. The number of carbonyl (C=O) groups excluding carboxylic acids is 2. The van der Waals surface area contributed by atoms with E-state index in [-0.39, 0.29) is 17.3 Å². The minimum atomic E-state index is -5.19. The molecule has 0 unspecified atom stereocenters. The molecule has 0 amide bonds. The Labute approximate surface area is 133 Å². The zero-order valence-electron chi connectivity index (χ0n) is 11.3. The van der Waals surface area contributed by atoms with Gasteiger partial charge in [0.2, 0.25) is 0 Å². The highest BCUT2D eigenvalue weighted by Crippen LogP contribution is 2.32. The van der Waals surface area contributed by atoms with Gasteiger partial charge >= 0.3 is 12.1 Å². The predicted octanol–water partition coefficient (Wildman–Crippen LogP) is 1.93. The van der Waals surface area contributed by atoms with Crippen molar-refractivity contribution in [2.75, 3.05) is 6.61 Å². The quantitative estimate of drug-likeness (QED) is 0.462. The van der Waals surface area contributed by atoms with Gasteiger partial charge in [0.15, 0.2) is 5.11 Å². The summed E-state index contributed by atoms with van der Waals surface area (Å²) in [6, 6.07) is 0.119. The third-order valence-electron chi connectivity index (χ3n) is 2.64. The van der Waals surface area contributed by atoms with Gasteiger partial charge in [-0.3, -0.25) is 9.59 Å². The zero-order chi connectivity index (χ0) is 16.9. The Hall–Kier alpha value is -1.68. The number of hydrogen-bond acceptors (Lipinski definition) is 5. The first kappa shape index (κ1) is 18.4. The first-order valence-corrected chi connectivity index (χ1v) is 7.39. The van der Waals surface area contributed by atoms with E-state index in [9.17, 15) is 22.8 Å². The van der Waals surface area contributed by atoms with Crippen molar-refractivity contribution in [1.29, 1.82) is 0 Å². The van der Waals surface area contributed by atoms with Crippen molar-refractivity contribution in [2.45, 2.75) is 19.1 Å². The van der Waals surface area contributed by atoms with Gasteiger partial charge in [-0.1, -0.05) is 0 Å². The van der Waals surface area contributed by atoms with E-state index in [1.807, 2.05) is 0 Å². The Balaban J connectivity index is 3.27. The number of thiocarbonyl (C=S) groups is 1. The molecular weight excluding hydrogens is 341 g/mol. The number of nitrogens with two attached hydrogens (primary N) is 1. The van der Waals surface area contributed by atoms with Crippen molar-refractivity contribution < 1.29 is 27.5 Å². The van der Waals surface area contributed by atoms with Gasteiger partial charge in [-0.05, 0) is 41.5 Å². The van der Waals surface area contributed by atoms with Crippen LogP contribution in [0.5, 0.6) is 0 Å². The van der Waals surface area contributed by atoms with E-state index in [2.05, 4.69) is 22.3 Å². The summed E-state index contributed by atoms with van der Waals surface area (Å²) >= 11 is 5.81. The molecule has 0 aromatic carbocycles. The number of ketones is 1. The number of ether oxygens (including phenoxy) is 1. The lowest BCUT2D eigenvalue weighted by molar-refractivity contribution is -0.182. The van der Waals surface area contributed by atoms with Crippen LogP contribution < -0.4 is 11.1 Å². The molecule has 0 aliphatic carbocycles. The molecule has 1 aromatic heterocycles. The molecule has 0 aliphatic rings. The van der Waals surface area contributed by atoms with Crippen molar-refractivity contribution in [2.24, 2.45) is 11.7 Å². The largest absolute Gasteiger partial charge is 0.465 e. The number of thiophene rings is 1. The van der Waals surface area contributed by atoms with Crippen molar-refractivity contribution in [3.8, 4) is 0 Å². The smallest absolute Gasteiger partial charge is 0.451 e. The van der Waals surface area contributed by atoms with E-state index in [1.54, 1.807) is 5.38 Å². The summed E-state index contributed by atoms with van der Waals surface area (Å²) in [6.07, 6.45) is -5.19. The number of hydrogen-bond donors (Lipinski definition) is 2. The average molecular weight is 354 g/mol. The molecule has 0 aliphatic heterocycles. The molecule has 0 bridgehead atoms. The number of nitrogens with one attached hydrogen (secondary N) is 1. The number of Topliss-reactive ketones (excluding diaryl/α,β-unsaturated/α-hetero) is 1. The van der Waals surface area contributed by atoms with E-state index < -0.39 is 29.9 Å². The Bertz CT molecular complexity index is 546. The molecule has 1 rings (SSSR count). The van der Waals surface area contributed by atoms with Gasteiger partial charge in [0.25, 0.3) is 5.78 Å². The highest BCUT2D eigenvalue weighted by Gasteiger charge is 2.50. The van der Waals surface area contributed by atoms with Crippen molar-refractivity contribution in [3.63, 3.8) is 0 Å². The molecule has 22 heavy (non-hydrogen) atoms. The minimum Gasteiger partial charge on any atom is -0.465 e. The molecule has 122 valence electrons. The van der Waals surface area contributed by atoms with Crippen molar-refractivity contribution in [1.82, 2.24) is 5.32 Å². The minimum absolute atomic E-state index is 0.163. The van der Waals surface area contributed by atoms with Crippen molar-refractivity contribution >= 4 is 40.4 Å². The van der Waals surface area contributed by atoms with Gasteiger partial charge in [0.1, 0.15) is 5.92 Å². The fourth-order valence-electron chi connectivity index (χ4n) is 1.77. The van der Waals surface area contributed by atoms with Crippen LogP contribution in [0.4, 0.5) is 13.2 Å². The lowest BCUT2D eigenvalue weighted by Crippen LogP contribution is -2.46. The Morgan fingerprint density at radius 2 is 2.14 bits per heavy atom. The van der Waals surface area contributed by atoms with E-state index in [0.717, 1.165) is 0 Å². The summed E-state index contributed by atoms with van der Waals surface area (Å²) in [5.41, 5.74) is 5.59. The number of rotatable bonds is 6. The van der Waals surface area contributed by atoms with Crippen LogP contribution in [-0.2, 0) is 14.3 Å². The fraction of sp³-hybridized carbons (Fsp3) is 0.417. The Morgan fingerprint density at radius 1 is 1.50 bits per heavy atom. The van der Waals surface area contributed by atoms with Crippen LogP contribution in [0.1, 0.15) is 18.5 Å². The lowest BCUT2D eigenvalue weighted by atomic mass is 9.90. The second-order valence-corrected chi connectivity index (χ2v) is 5.35. The maximum Gasteiger partial charge on any atom is 0.451 e. The first-order chi connectivity index (χ1) is 10.2. The second kappa shape index (κ2) is 7.54. The fourth-order valence-corrected chi connectivity index (χ4v) is 2.59. The molecule has 0 saturated heterocycles. The molecular formula is C12H13F3N2O3S2. The maximum absolute atomic E-state index is 12.8. The van der Waals surface area contributed by atoms with Gasteiger partial charge in [0, 0.05) is 0 Å². The number of alkyl halides is 3. The van der Waals surface area contributed by atoms with Gasteiger partial charge in [-0.25, -0.2) is 0 Å². The first-order valence-electron chi connectivity index (χ1n) is 6.04. The summed E-state index contributed by atoms with van der Waals surface area (Å²) < 4.78 is 43.0. The summed E-state index contributed by atoms with van der Waals surface area (Å²) in [7, 11) is 0. The highest BCUT2D eigenvalue weighted by atomic mass is 32.1. The van der Waals surface area contributed by atoms with Gasteiger partial charge in [0.05, 0.1) is 12.6 Å². The third-order valence-corrected chi connectivity index (χ3v) is 3.46. The van der Waals surface area contributed by atoms with Gasteiger partial charge < -0.3 is 15.8 Å². The molecule has 5 nitrogen and oxygen atoms in total. The molecule has 0 radical (unpaired) electrons. The summed E-state index contributed by atoms with van der Waals surface area (Å²) in [5.74, 6) is -5.63. The van der Waals surface area contributed by atoms with Crippen LogP contribution in [0.2, 0.25) is 0 Å². The Morgan fingerprint density at radius 3 is 2.55 bits per heavy atom. The lowest BCUT2D eigenvalue weighted by Gasteiger charge is -2.26. The van der Waals surface area contributed by atoms with Crippen LogP contribution in [0, 0.1) is 5.92 Å². The third kappa shape index (κ3) is 4.67. The molecule has 2 atom stereocenters.